The minimum Gasteiger partial charge on any atom is -0.395 e. The van der Waals surface area contributed by atoms with Gasteiger partial charge in [-0.2, -0.15) is 0 Å². The van der Waals surface area contributed by atoms with E-state index in [0.717, 1.165) is 19.3 Å². The summed E-state index contributed by atoms with van der Waals surface area (Å²) >= 11 is 0. The van der Waals surface area contributed by atoms with Crippen LogP contribution >= 0.6 is 0 Å². The van der Waals surface area contributed by atoms with Gasteiger partial charge in [0.1, 0.15) is 0 Å². The maximum atomic E-state index is 12.1. The highest BCUT2D eigenvalue weighted by Crippen LogP contribution is 2.24. The van der Waals surface area contributed by atoms with Crippen molar-refractivity contribution in [1.29, 1.82) is 0 Å². The third-order valence-corrected chi connectivity index (χ3v) is 3.61. The molecule has 2 rings (SSSR count). The number of hydrogen-bond donors (Lipinski definition) is 3. The van der Waals surface area contributed by atoms with Gasteiger partial charge in [0.25, 0.3) is 0 Å². The molecule has 6 nitrogen and oxygen atoms in total. The van der Waals surface area contributed by atoms with Crippen LogP contribution in [-0.4, -0.2) is 47.7 Å². The molecular weight excluding hydrogens is 270 g/mol. The standard InChI is InChI=1S/C15H21N3O3/c19-10-9-18(13-7-4-8-13)14(20)11-16-15(21)17-12-5-2-1-3-6-12/h1-3,5-6,13,19H,4,7-11H2,(H2,16,17,21). The molecule has 0 aromatic heterocycles. The summed E-state index contributed by atoms with van der Waals surface area (Å²) in [6, 6.07) is 8.84. The number of nitrogens with zero attached hydrogens (tertiary/aromatic N) is 1. The second kappa shape index (κ2) is 7.64. The van der Waals surface area contributed by atoms with Crippen molar-refractivity contribution in [3.05, 3.63) is 30.3 Å². The predicted octanol–water partition coefficient (Wildman–Crippen LogP) is 1.18. The number of benzene rings is 1. The normalized spacial score (nSPS) is 14.1. The average molecular weight is 291 g/mol. The quantitative estimate of drug-likeness (QED) is 0.736. The Labute approximate surface area is 124 Å². The van der Waals surface area contributed by atoms with E-state index >= 15 is 0 Å². The van der Waals surface area contributed by atoms with E-state index in [4.69, 9.17) is 5.11 Å². The van der Waals surface area contributed by atoms with Crippen LogP contribution in [-0.2, 0) is 4.79 Å². The van der Waals surface area contributed by atoms with Gasteiger partial charge in [-0.25, -0.2) is 4.79 Å². The molecule has 1 fully saturated rings. The van der Waals surface area contributed by atoms with E-state index in [9.17, 15) is 9.59 Å². The van der Waals surface area contributed by atoms with Crippen LogP contribution in [0.25, 0.3) is 0 Å². The molecule has 0 heterocycles. The van der Waals surface area contributed by atoms with Crippen LogP contribution < -0.4 is 10.6 Å². The average Bonchev–Trinajstić information content (AvgIpc) is 2.43. The molecule has 1 aromatic carbocycles. The first kappa shape index (κ1) is 15.3. The van der Waals surface area contributed by atoms with Crippen LogP contribution in [0.2, 0.25) is 0 Å². The first-order chi connectivity index (χ1) is 10.2. The van der Waals surface area contributed by atoms with Gasteiger partial charge >= 0.3 is 6.03 Å². The molecular formula is C15H21N3O3. The number of carbonyl (C=O) groups is 2. The van der Waals surface area contributed by atoms with Crippen LogP contribution in [0, 0.1) is 0 Å². The van der Waals surface area contributed by atoms with Crippen molar-refractivity contribution in [2.45, 2.75) is 25.3 Å². The first-order valence-electron chi connectivity index (χ1n) is 7.21. The van der Waals surface area contributed by atoms with E-state index in [1.54, 1.807) is 17.0 Å². The molecule has 1 saturated carbocycles. The highest BCUT2D eigenvalue weighted by Gasteiger charge is 2.28. The number of nitrogens with one attached hydrogen (secondary N) is 2. The Balaban J connectivity index is 1.78. The zero-order valence-electron chi connectivity index (χ0n) is 11.9. The van der Waals surface area contributed by atoms with Crippen LogP contribution in [0.3, 0.4) is 0 Å². The number of carbonyl (C=O) groups excluding carboxylic acids is 2. The van der Waals surface area contributed by atoms with Crippen molar-refractivity contribution < 1.29 is 14.7 Å². The lowest BCUT2D eigenvalue weighted by Gasteiger charge is -2.37. The molecule has 1 aliphatic carbocycles. The van der Waals surface area contributed by atoms with Crippen molar-refractivity contribution in [3.63, 3.8) is 0 Å². The minimum absolute atomic E-state index is 0.0571. The van der Waals surface area contributed by atoms with Crippen molar-refractivity contribution >= 4 is 17.6 Å². The maximum Gasteiger partial charge on any atom is 0.319 e. The van der Waals surface area contributed by atoms with Gasteiger partial charge in [-0.1, -0.05) is 18.2 Å². The van der Waals surface area contributed by atoms with E-state index in [0.29, 0.717) is 12.2 Å². The summed E-state index contributed by atoms with van der Waals surface area (Å²) in [6.45, 7) is 0.207. The molecule has 0 atom stereocenters. The smallest absolute Gasteiger partial charge is 0.319 e. The summed E-state index contributed by atoms with van der Waals surface area (Å²) in [7, 11) is 0. The highest BCUT2D eigenvalue weighted by molar-refractivity contribution is 5.92. The molecule has 0 spiro atoms. The molecule has 21 heavy (non-hydrogen) atoms. The first-order valence-corrected chi connectivity index (χ1v) is 7.21. The van der Waals surface area contributed by atoms with Gasteiger partial charge in [0, 0.05) is 18.3 Å². The Morgan fingerprint density at radius 2 is 1.95 bits per heavy atom. The van der Waals surface area contributed by atoms with E-state index in [1.165, 1.54) is 0 Å². The molecule has 6 heteroatoms. The van der Waals surface area contributed by atoms with Gasteiger partial charge in [0.05, 0.1) is 13.2 Å². The molecule has 0 radical (unpaired) electrons. The lowest BCUT2D eigenvalue weighted by atomic mass is 9.91. The summed E-state index contributed by atoms with van der Waals surface area (Å²) < 4.78 is 0. The largest absolute Gasteiger partial charge is 0.395 e. The van der Waals surface area contributed by atoms with Crippen molar-refractivity contribution in [2.24, 2.45) is 0 Å². The molecule has 114 valence electrons. The molecule has 0 aliphatic heterocycles. The van der Waals surface area contributed by atoms with Crippen LogP contribution in [0.1, 0.15) is 19.3 Å². The summed E-state index contributed by atoms with van der Waals surface area (Å²) in [4.78, 5) is 25.5. The van der Waals surface area contributed by atoms with E-state index in [2.05, 4.69) is 10.6 Å². The number of rotatable bonds is 6. The monoisotopic (exact) mass is 291 g/mol. The van der Waals surface area contributed by atoms with Crippen LogP contribution in [0.5, 0.6) is 0 Å². The van der Waals surface area contributed by atoms with Crippen LogP contribution in [0.15, 0.2) is 30.3 Å². The SMILES string of the molecule is O=C(NCC(=O)N(CCO)C1CCC1)Nc1ccccc1. The molecule has 0 unspecified atom stereocenters. The number of para-hydroxylation sites is 1. The molecule has 0 saturated heterocycles. The molecule has 1 aromatic rings. The number of aliphatic hydroxyl groups excluding tert-OH is 1. The van der Waals surface area contributed by atoms with Gasteiger partial charge < -0.3 is 20.6 Å². The fourth-order valence-corrected chi connectivity index (χ4v) is 2.27. The molecule has 0 bridgehead atoms. The summed E-state index contributed by atoms with van der Waals surface area (Å²) in [6.07, 6.45) is 3.06. The van der Waals surface area contributed by atoms with Gasteiger partial charge in [0.2, 0.25) is 5.91 Å². The number of aliphatic hydroxyl groups is 1. The van der Waals surface area contributed by atoms with Crippen LogP contribution in [0.4, 0.5) is 10.5 Å². The summed E-state index contributed by atoms with van der Waals surface area (Å²) in [5, 5.41) is 14.2. The fourth-order valence-electron chi connectivity index (χ4n) is 2.27. The van der Waals surface area contributed by atoms with Gasteiger partial charge in [0.15, 0.2) is 0 Å². The van der Waals surface area contributed by atoms with E-state index in [1.807, 2.05) is 18.2 Å². The Kier molecular flexibility index (Phi) is 5.57. The molecule has 3 N–H and O–H groups in total. The number of urea groups is 1. The Bertz CT molecular complexity index is 474. The van der Waals surface area contributed by atoms with Gasteiger partial charge in [-0.3, -0.25) is 4.79 Å². The lowest BCUT2D eigenvalue weighted by molar-refractivity contribution is -0.134. The second-order valence-electron chi connectivity index (χ2n) is 5.07. The third kappa shape index (κ3) is 4.46. The molecule has 1 aliphatic rings. The van der Waals surface area contributed by atoms with E-state index < -0.39 is 6.03 Å². The second-order valence-corrected chi connectivity index (χ2v) is 5.07. The Morgan fingerprint density at radius 1 is 1.24 bits per heavy atom. The fraction of sp³-hybridized carbons (Fsp3) is 0.467. The van der Waals surface area contributed by atoms with Crippen molar-refractivity contribution in [2.75, 3.05) is 25.0 Å². The predicted molar refractivity (Wildman–Crippen MR) is 79.9 cm³/mol. The van der Waals surface area contributed by atoms with Gasteiger partial charge in [-0.15, -0.1) is 0 Å². The highest BCUT2D eigenvalue weighted by atomic mass is 16.3. The van der Waals surface area contributed by atoms with Crippen molar-refractivity contribution in [1.82, 2.24) is 10.2 Å². The summed E-state index contributed by atoms with van der Waals surface area (Å²) in [5.74, 6) is -0.156. The minimum atomic E-state index is -0.410. The van der Waals surface area contributed by atoms with Gasteiger partial charge in [-0.05, 0) is 31.4 Å². The maximum absolute atomic E-state index is 12.1. The molecule has 3 amide bonds. The zero-order chi connectivity index (χ0) is 15.1. The lowest BCUT2D eigenvalue weighted by Crippen LogP contribution is -2.49. The number of amides is 3. The van der Waals surface area contributed by atoms with Crippen molar-refractivity contribution in [3.8, 4) is 0 Å². The Morgan fingerprint density at radius 3 is 2.52 bits per heavy atom. The van der Waals surface area contributed by atoms with E-state index in [-0.39, 0.29) is 25.1 Å². The Hall–Kier alpha value is -2.08. The number of hydrogen-bond acceptors (Lipinski definition) is 3. The number of anilines is 1. The summed E-state index contributed by atoms with van der Waals surface area (Å²) in [5.41, 5.74) is 0.675. The third-order valence-electron chi connectivity index (χ3n) is 3.61. The topological polar surface area (TPSA) is 81.7 Å². The zero-order valence-corrected chi connectivity index (χ0v) is 11.9.